The first-order valence-corrected chi connectivity index (χ1v) is 8.91. The summed E-state index contributed by atoms with van der Waals surface area (Å²) in [5, 5.41) is 4.86. The van der Waals surface area contributed by atoms with Crippen LogP contribution in [0.1, 0.15) is 17.0 Å². The van der Waals surface area contributed by atoms with Crippen molar-refractivity contribution in [3.05, 3.63) is 53.4 Å². The molecule has 0 amide bonds. The van der Waals surface area contributed by atoms with E-state index in [2.05, 4.69) is 10.1 Å². The Morgan fingerprint density at radius 3 is 2.91 bits per heavy atom. The van der Waals surface area contributed by atoms with Crippen LogP contribution in [0.25, 0.3) is 10.9 Å². The molecular formula is C16H14N2O4S. The second-order valence-electron chi connectivity index (χ2n) is 5.43. The smallest absolute Gasteiger partial charge is 0.201 e. The summed E-state index contributed by atoms with van der Waals surface area (Å²) in [7, 11) is -3.60. The Kier molecular flexibility index (Phi) is 3.39. The average Bonchev–Trinajstić information content (AvgIpc) is 2.97. The number of pyridine rings is 1. The number of hydrogen-bond acceptors (Lipinski definition) is 6. The standard InChI is InChI=1S/C16H14N2O4S/c19-23(20,10-14-12-9-21-8-7-15(12)22-18-14)16-6-5-11-3-1-2-4-13(11)17-16/h1-6H,7-10H2. The highest BCUT2D eigenvalue weighted by Gasteiger charge is 2.26. The Hall–Kier alpha value is -2.25. The number of hydrogen-bond donors (Lipinski definition) is 0. The van der Waals surface area contributed by atoms with Gasteiger partial charge in [-0.1, -0.05) is 23.4 Å². The van der Waals surface area contributed by atoms with Crippen molar-refractivity contribution in [1.82, 2.24) is 10.1 Å². The molecule has 0 spiro atoms. The molecule has 0 N–H and O–H groups in total. The first-order chi connectivity index (χ1) is 11.1. The summed E-state index contributed by atoms with van der Waals surface area (Å²) in [4.78, 5) is 4.26. The van der Waals surface area contributed by atoms with E-state index < -0.39 is 9.84 Å². The number of para-hydroxylation sites is 1. The van der Waals surface area contributed by atoms with Gasteiger partial charge in [-0.25, -0.2) is 13.4 Å². The normalized spacial score (nSPS) is 14.8. The zero-order valence-corrected chi connectivity index (χ0v) is 13.0. The third-order valence-electron chi connectivity index (χ3n) is 3.89. The molecule has 23 heavy (non-hydrogen) atoms. The highest BCUT2D eigenvalue weighted by atomic mass is 32.2. The fourth-order valence-electron chi connectivity index (χ4n) is 2.67. The Labute approximate surface area is 133 Å². The van der Waals surface area contributed by atoms with Gasteiger partial charge in [-0.3, -0.25) is 0 Å². The minimum atomic E-state index is -3.60. The number of nitrogens with zero attached hydrogens (tertiary/aromatic N) is 2. The first kappa shape index (κ1) is 14.3. The van der Waals surface area contributed by atoms with Crippen LogP contribution in [0.15, 0.2) is 45.9 Å². The van der Waals surface area contributed by atoms with Crippen molar-refractivity contribution >= 4 is 20.7 Å². The molecule has 0 saturated heterocycles. The van der Waals surface area contributed by atoms with Crippen LogP contribution in [-0.2, 0) is 33.4 Å². The van der Waals surface area contributed by atoms with Crippen molar-refractivity contribution in [2.75, 3.05) is 6.61 Å². The number of ether oxygens (including phenoxy) is 1. The molecule has 3 aromatic rings. The van der Waals surface area contributed by atoms with Gasteiger partial charge in [-0.15, -0.1) is 0 Å². The summed E-state index contributed by atoms with van der Waals surface area (Å²) >= 11 is 0. The second-order valence-corrected chi connectivity index (χ2v) is 7.37. The predicted octanol–water partition coefficient (Wildman–Crippen LogP) is 2.27. The molecular weight excluding hydrogens is 316 g/mol. The fourth-order valence-corrected chi connectivity index (χ4v) is 3.92. The molecule has 2 aromatic heterocycles. The van der Waals surface area contributed by atoms with Crippen molar-refractivity contribution in [1.29, 1.82) is 0 Å². The molecule has 0 radical (unpaired) electrons. The van der Waals surface area contributed by atoms with Crippen LogP contribution in [0, 0.1) is 0 Å². The molecule has 0 saturated carbocycles. The maximum absolute atomic E-state index is 12.6. The molecule has 118 valence electrons. The SMILES string of the molecule is O=S(=O)(Cc1noc2c1COCC2)c1ccc2ccccc2n1. The van der Waals surface area contributed by atoms with Crippen LogP contribution in [0.5, 0.6) is 0 Å². The number of benzene rings is 1. The van der Waals surface area contributed by atoms with E-state index in [1.807, 2.05) is 18.2 Å². The molecule has 3 heterocycles. The number of rotatable bonds is 3. The topological polar surface area (TPSA) is 82.3 Å². The van der Waals surface area contributed by atoms with E-state index in [9.17, 15) is 8.42 Å². The second kappa shape index (κ2) is 5.43. The van der Waals surface area contributed by atoms with E-state index in [0.717, 1.165) is 10.9 Å². The summed E-state index contributed by atoms with van der Waals surface area (Å²) in [5.41, 5.74) is 1.81. The van der Waals surface area contributed by atoms with Crippen molar-refractivity contribution in [3.8, 4) is 0 Å². The van der Waals surface area contributed by atoms with E-state index in [1.165, 1.54) is 6.07 Å². The summed E-state index contributed by atoms with van der Waals surface area (Å²) in [5.74, 6) is 0.480. The highest BCUT2D eigenvalue weighted by molar-refractivity contribution is 7.90. The Morgan fingerprint density at radius 1 is 1.13 bits per heavy atom. The number of aromatic nitrogens is 2. The highest BCUT2D eigenvalue weighted by Crippen LogP contribution is 2.24. The van der Waals surface area contributed by atoms with E-state index in [4.69, 9.17) is 9.26 Å². The summed E-state index contributed by atoms with van der Waals surface area (Å²) in [6.07, 6.45) is 0.622. The van der Waals surface area contributed by atoms with Crippen molar-refractivity contribution in [2.24, 2.45) is 0 Å². The molecule has 0 bridgehead atoms. The van der Waals surface area contributed by atoms with Crippen LogP contribution in [0.2, 0.25) is 0 Å². The summed E-state index contributed by atoms with van der Waals surface area (Å²) < 4.78 is 35.9. The van der Waals surface area contributed by atoms with Gasteiger partial charge in [0.15, 0.2) is 5.03 Å². The summed E-state index contributed by atoms with van der Waals surface area (Å²) in [6, 6.07) is 10.7. The van der Waals surface area contributed by atoms with Gasteiger partial charge >= 0.3 is 0 Å². The van der Waals surface area contributed by atoms with Gasteiger partial charge in [0.05, 0.1) is 18.7 Å². The van der Waals surface area contributed by atoms with Crippen LogP contribution in [-0.4, -0.2) is 25.2 Å². The molecule has 7 heteroatoms. The van der Waals surface area contributed by atoms with Gasteiger partial charge in [-0.05, 0) is 18.2 Å². The van der Waals surface area contributed by atoms with Gasteiger partial charge in [0, 0.05) is 17.4 Å². The lowest BCUT2D eigenvalue weighted by Crippen LogP contribution is -2.12. The quantitative estimate of drug-likeness (QED) is 0.732. The van der Waals surface area contributed by atoms with Gasteiger partial charge in [-0.2, -0.15) is 0 Å². The zero-order valence-electron chi connectivity index (χ0n) is 12.2. The fraction of sp³-hybridized carbons (Fsp3) is 0.250. The largest absolute Gasteiger partial charge is 0.376 e. The maximum atomic E-state index is 12.6. The lowest BCUT2D eigenvalue weighted by Gasteiger charge is -2.10. The van der Waals surface area contributed by atoms with Gasteiger partial charge in [0.25, 0.3) is 0 Å². The van der Waals surface area contributed by atoms with E-state index in [-0.39, 0.29) is 10.8 Å². The molecule has 4 rings (SSSR count). The molecule has 1 aliphatic heterocycles. The summed E-state index contributed by atoms with van der Waals surface area (Å²) in [6.45, 7) is 0.912. The molecule has 0 atom stereocenters. The van der Waals surface area contributed by atoms with E-state index in [1.54, 1.807) is 12.1 Å². The minimum Gasteiger partial charge on any atom is -0.376 e. The molecule has 0 unspecified atom stereocenters. The maximum Gasteiger partial charge on any atom is 0.201 e. The third kappa shape index (κ3) is 2.62. The predicted molar refractivity (Wildman–Crippen MR) is 82.5 cm³/mol. The minimum absolute atomic E-state index is 0.0460. The average molecular weight is 330 g/mol. The lowest BCUT2D eigenvalue weighted by molar-refractivity contribution is 0.102. The monoisotopic (exact) mass is 330 g/mol. The zero-order chi connectivity index (χ0) is 15.9. The number of fused-ring (bicyclic) bond motifs is 2. The van der Waals surface area contributed by atoms with Crippen LogP contribution in [0.4, 0.5) is 0 Å². The third-order valence-corrected chi connectivity index (χ3v) is 5.41. The van der Waals surface area contributed by atoms with Crippen LogP contribution >= 0.6 is 0 Å². The Bertz CT molecular complexity index is 979. The van der Waals surface area contributed by atoms with Crippen molar-refractivity contribution in [2.45, 2.75) is 23.8 Å². The lowest BCUT2D eigenvalue weighted by atomic mass is 10.1. The van der Waals surface area contributed by atoms with E-state index >= 15 is 0 Å². The van der Waals surface area contributed by atoms with Gasteiger partial charge < -0.3 is 9.26 Å². The molecule has 0 fully saturated rings. The van der Waals surface area contributed by atoms with Gasteiger partial charge in [0.1, 0.15) is 17.2 Å². The Morgan fingerprint density at radius 2 is 2.00 bits per heavy atom. The first-order valence-electron chi connectivity index (χ1n) is 7.26. The van der Waals surface area contributed by atoms with Crippen LogP contribution < -0.4 is 0 Å². The van der Waals surface area contributed by atoms with Gasteiger partial charge in [0.2, 0.25) is 9.84 Å². The Balaban J connectivity index is 1.70. The molecule has 1 aliphatic rings. The molecule has 0 aliphatic carbocycles. The molecule has 1 aromatic carbocycles. The molecule has 6 nitrogen and oxygen atoms in total. The van der Waals surface area contributed by atoms with Crippen molar-refractivity contribution in [3.63, 3.8) is 0 Å². The van der Waals surface area contributed by atoms with Crippen LogP contribution in [0.3, 0.4) is 0 Å². The van der Waals surface area contributed by atoms with Crippen molar-refractivity contribution < 1.29 is 17.7 Å². The van der Waals surface area contributed by atoms with E-state index in [0.29, 0.717) is 36.6 Å². The number of sulfone groups is 1.